The molecule has 1 heterocycles. The number of nitrogens with two attached hydrogens (primary N) is 1. The van der Waals surface area contributed by atoms with E-state index in [4.69, 9.17) is 27.5 Å². The molecule has 17 heavy (non-hydrogen) atoms. The van der Waals surface area contributed by atoms with E-state index in [1.54, 1.807) is 12.1 Å². The Labute approximate surface area is 108 Å². The molecule has 0 aliphatic heterocycles. The summed E-state index contributed by atoms with van der Waals surface area (Å²) >= 11 is 7.32. The Morgan fingerprint density at radius 1 is 1.35 bits per heavy atom. The number of nitrogens with one attached hydrogen (secondary N) is 1. The normalized spacial score (nSPS) is 10.2. The summed E-state index contributed by atoms with van der Waals surface area (Å²) in [6.07, 6.45) is 0. The second-order valence-corrected chi connectivity index (χ2v) is 5.24. The molecule has 0 bridgehead atoms. The monoisotopic (exact) mass is 266 g/mol. The zero-order valence-electron chi connectivity index (χ0n) is 8.94. The van der Waals surface area contributed by atoms with E-state index in [0.29, 0.717) is 17.9 Å². The van der Waals surface area contributed by atoms with Crippen LogP contribution >= 0.6 is 22.9 Å². The fraction of sp³-hybridized carbons (Fsp3) is 0.0833. The molecule has 88 valence electrons. The smallest absolute Gasteiger partial charge is 0.122 e. The summed E-state index contributed by atoms with van der Waals surface area (Å²) in [6, 6.07) is 10.9. The second kappa shape index (κ2) is 5.21. The van der Waals surface area contributed by atoms with Gasteiger partial charge in [-0.15, -0.1) is 11.3 Å². The number of halogens is 1. The minimum Gasteiger partial charge on any atom is -0.488 e. The number of ether oxygens (including phenoxy) is 1. The van der Waals surface area contributed by atoms with Gasteiger partial charge >= 0.3 is 0 Å². The lowest BCUT2D eigenvalue weighted by Gasteiger charge is -2.06. The van der Waals surface area contributed by atoms with Gasteiger partial charge < -0.3 is 10.5 Å². The summed E-state index contributed by atoms with van der Waals surface area (Å²) in [5.74, 6) is 0.733. The minimum absolute atomic E-state index is 0.0367. The molecule has 0 amide bonds. The second-order valence-electron chi connectivity index (χ2n) is 3.44. The third kappa shape index (κ3) is 3.22. The number of amidine groups is 1. The highest BCUT2D eigenvalue weighted by Crippen LogP contribution is 2.23. The molecule has 3 N–H and O–H groups in total. The van der Waals surface area contributed by atoms with E-state index in [2.05, 4.69) is 0 Å². The van der Waals surface area contributed by atoms with Gasteiger partial charge in [-0.2, -0.15) is 0 Å². The molecule has 1 aromatic carbocycles. The number of hydrogen-bond donors (Lipinski definition) is 2. The molecular weight excluding hydrogens is 256 g/mol. The lowest BCUT2D eigenvalue weighted by atomic mass is 10.2. The van der Waals surface area contributed by atoms with Crippen LogP contribution in [0.2, 0.25) is 4.34 Å². The zero-order valence-corrected chi connectivity index (χ0v) is 10.5. The van der Waals surface area contributed by atoms with E-state index in [0.717, 1.165) is 9.21 Å². The van der Waals surface area contributed by atoms with Crippen LogP contribution in [0.3, 0.4) is 0 Å². The highest BCUT2D eigenvalue weighted by Gasteiger charge is 2.01. The van der Waals surface area contributed by atoms with Crippen LogP contribution in [-0.2, 0) is 6.61 Å². The van der Waals surface area contributed by atoms with Crippen LogP contribution in [0.1, 0.15) is 10.4 Å². The number of benzene rings is 1. The van der Waals surface area contributed by atoms with E-state index in [-0.39, 0.29) is 5.84 Å². The van der Waals surface area contributed by atoms with Crippen LogP contribution in [0.25, 0.3) is 0 Å². The van der Waals surface area contributed by atoms with Crippen LogP contribution in [-0.4, -0.2) is 5.84 Å². The highest BCUT2D eigenvalue weighted by molar-refractivity contribution is 7.16. The summed E-state index contributed by atoms with van der Waals surface area (Å²) < 4.78 is 6.35. The van der Waals surface area contributed by atoms with Gasteiger partial charge in [0.05, 0.1) is 4.34 Å². The van der Waals surface area contributed by atoms with Crippen molar-refractivity contribution in [3.8, 4) is 5.75 Å². The summed E-state index contributed by atoms with van der Waals surface area (Å²) in [7, 11) is 0. The molecule has 2 aromatic rings. The number of nitrogen functional groups attached to an aromatic ring is 1. The van der Waals surface area contributed by atoms with Crippen LogP contribution in [0, 0.1) is 5.41 Å². The van der Waals surface area contributed by atoms with Crippen molar-refractivity contribution in [2.45, 2.75) is 6.61 Å². The summed E-state index contributed by atoms with van der Waals surface area (Å²) in [5.41, 5.74) is 6.06. The average Bonchev–Trinajstić information content (AvgIpc) is 2.73. The molecule has 5 heteroatoms. The van der Waals surface area contributed by atoms with Crippen molar-refractivity contribution < 1.29 is 4.74 Å². The molecule has 0 saturated carbocycles. The van der Waals surface area contributed by atoms with Crippen molar-refractivity contribution in [3.05, 3.63) is 51.2 Å². The van der Waals surface area contributed by atoms with Crippen LogP contribution in [0.5, 0.6) is 5.75 Å². The Morgan fingerprint density at radius 2 is 2.18 bits per heavy atom. The summed E-state index contributed by atoms with van der Waals surface area (Å²) in [5, 5.41) is 7.34. The maximum absolute atomic E-state index is 7.34. The number of rotatable bonds is 4. The molecular formula is C12H11ClN2OS. The van der Waals surface area contributed by atoms with Crippen molar-refractivity contribution in [3.63, 3.8) is 0 Å². The topological polar surface area (TPSA) is 59.1 Å². The van der Waals surface area contributed by atoms with Gasteiger partial charge in [-0.05, 0) is 24.3 Å². The van der Waals surface area contributed by atoms with Gasteiger partial charge in [-0.3, -0.25) is 5.41 Å². The molecule has 0 unspecified atom stereocenters. The Kier molecular flexibility index (Phi) is 3.66. The molecule has 2 rings (SSSR count). The Hall–Kier alpha value is -1.52. The third-order valence-electron chi connectivity index (χ3n) is 2.15. The SMILES string of the molecule is N=C(N)c1cccc(OCc2ccc(Cl)s2)c1. The van der Waals surface area contributed by atoms with Gasteiger partial charge in [-0.25, -0.2) is 0 Å². The maximum Gasteiger partial charge on any atom is 0.122 e. The molecule has 1 aromatic heterocycles. The largest absolute Gasteiger partial charge is 0.488 e. The molecule has 0 saturated heterocycles. The van der Waals surface area contributed by atoms with Crippen molar-refractivity contribution in [2.24, 2.45) is 5.73 Å². The van der Waals surface area contributed by atoms with Gasteiger partial charge in [0.25, 0.3) is 0 Å². The fourth-order valence-corrected chi connectivity index (χ4v) is 2.34. The maximum atomic E-state index is 7.34. The molecule has 0 aliphatic carbocycles. The quantitative estimate of drug-likeness (QED) is 0.659. The summed E-state index contributed by atoms with van der Waals surface area (Å²) in [6.45, 7) is 0.471. The number of thiophene rings is 1. The Bertz CT molecular complexity index is 539. The first-order chi connectivity index (χ1) is 8.15. The minimum atomic E-state index is 0.0367. The first-order valence-corrected chi connectivity index (χ1v) is 6.16. The van der Waals surface area contributed by atoms with E-state index in [9.17, 15) is 0 Å². The Morgan fingerprint density at radius 3 is 2.82 bits per heavy atom. The molecule has 0 aliphatic rings. The van der Waals surface area contributed by atoms with Gasteiger partial charge in [0.1, 0.15) is 18.2 Å². The standard InChI is InChI=1S/C12H11ClN2OS/c13-11-5-4-10(17-11)7-16-9-3-1-2-8(6-9)12(14)15/h1-6H,7H2,(H3,14,15). The van der Waals surface area contributed by atoms with Crippen molar-refractivity contribution in [2.75, 3.05) is 0 Å². The molecule has 0 radical (unpaired) electrons. The van der Waals surface area contributed by atoms with Gasteiger partial charge in [0.2, 0.25) is 0 Å². The first-order valence-electron chi connectivity index (χ1n) is 4.96. The van der Waals surface area contributed by atoms with Gasteiger partial charge in [0.15, 0.2) is 0 Å². The molecule has 0 spiro atoms. The van der Waals surface area contributed by atoms with E-state index in [1.165, 1.54) is 11.3 Å². The van der Waals surface area contributed by atoms with Gasteiger partial charge in [-0.1, -0.05) is 23.7 Å². The predicted octanol–water partition coefficient (Wildman–Crippen LogP) is 3.26. The zero-order chi connectivity index (χ0) is 12.3. The van der Waals surface area contributed by atoms with Crippen molar-refractivity contribution in [1.29, 1.82) is 5.41 Å². The van der Waals surface area contributed by atoms with Gasteiger partial charge in [0, 0.05) is 10.4 Å². The van der Waals surface area contributed by atoms with E-state index >= 15 is 0 Å². The lowest BCUT2D eigenvalue weighted by Crippen LogP contribution is -2.10. The highest BCUT2D eigenvalue weighted by atomic mass is 35.5. The summed E-state index contributed by atoms with van der Waals surface area (Å²) in [4.78, 5) is 1.06. The molecule has 3 nitrogen and oxygen atoms in total. The van der Waals surface area contributed by atoms with Crippen LogP contribution in [0.4, 0.5) is 0 Å². The van der Waals surface area contributed by atoms with Crippen LogP contribution < -0.4 is 10.5 Å². The van der Waals surface area contributed by atoms with Crippen molar-refractivity contribution in [1.82, 2.24) is 0 Å². The Balaban J connectivity index is 2.04. The average molecular weight is 267 g/mol. The number of hydrogen-bond acceptors (Lipinski definition) is 3. The molecule has 0 fully saturated rings. The fourth-order valence-electron chi connectivity index (χ4n) is 1.34. The van der Waals surface area contributed by atoms with E-state index in [1.807, 2.05) is 24.3 Å². The lowest BCUT2D eigenvalue weighted by molar-refractivity contribution is 0.310. The van der Waals surface area contributed by atoms with Crippen molar-refractivity contribution >= 4 is 28.8 Å². The molecule has 0 atom stereocenters. The van der Waals surface area contributed by atoms with Crippen LogP contribution in [0.15, 0.2) is 36.4 Å². The predicted molar refractivity (Wildman–Crippen MR) is 71.1 cm³/mol. The van der Waals surface area contributed by atoms with E-state index < -0.39 is 0 Å². The third-order valence-corrected chi connectivity index (χ3v) is 3.36. The first kappa shape index (κ1) is 12.0.